The Morgan fingerprint density at radius 2 is 1.65 bits per heavy atom. The number of carbonyl (C=O) groups excluding carboxylic acids is 4. The summed E-state index contributed by atoms with van der Waals surface area (Å²) in [5.41, 5.74) is 10.9. The van der Waals surface area contributed by atoms with Gasteiger partial charge in [0.1, 0.15) is 12.3 Å². The molecule has 2 aliphatic heterocycles. The third kappa shape index (κ3) is 15.5. The molecule has 65 heavy (non-hydrogen) atoms. The average molecular weight is 910 g/mol. The van der Waals surface area contributed by atoms with E-state index in [0.29, 0.717) is 68.1 Å². The van der Waals surface area contributed by atoms with Gasteiger partial charge in [0.25, 0.3) is 0 Å². The van der Waals surface area contributed by atoms with E-state index in [1.165, 1.54) is 0 Å². The van der Waals surface area contributed by atoms with E-state index in [2.05, 4.69) is 52.6 Å². The summed E-state index contributed by atoms with van der Waals surface area (Å²) >= 11 is 1.87. The number of nitrogens with two attached hydrogens (primary N) is 1. The van der Waals surface area contributed by atoms with E-state index in [4.69, 9.17) is 5.73 Å². The normalized spacial score (nSPS) is 21.6. The van der Waals surface area contributed by atoms with Crippen LogP contribution in [0.2, 0.25) is 0 Å². The molecule has 0 aliphatic carbocycles. The number of amides is 4. The molecule has 0 spiro atoms. The van der Waals surface area contributed by atoms with Crippen LogP contribution in [0, 0.1) is 5.92 Å². The molecule has 2 aliphatic rings. The fraction of sp³-hybridized carbons (Fsp3) is 0.490. The third-order valence-electron chi connectivity index (χ3n) is 12.5. The Bertz CT molecular complexity index is 2000. The van der Waals surface area contributed by atoms with Gasteiger partial charge >= 0.3 is 0 Å². The molecular weight excluding hydrogens is 839 g/mol. The van der Waals surface area contributed by atoms with Gasteiger partial charge in [0.05, 0.1) is 18.2 Å². The highest BCUT2D eigenvalue weighted by Gasteiger charge is 2.48. The lowest BCUT2D eigenvalue weighted by atomic mass is 9.77. The van der Waals surface area contributed by atoms with Gasteiger partial charge in [-0.05, 0) is 106 Å². The molecule has 0 aromatic heterocycles. The lowest BCUT2D eigenvalue weighted by Gasteiger charge is -2.55. The molecule has 2 fully saturated rings. The number of likely N-dealkylation sites (N-methyl/N-ethyl adjacent to an activating group) is 1. The van der Waals surface area contributed by atoms with Gasteiger partial charge in [-0.25, -0.2) is 0 Å². The molecule has 3 aromatic rings. The number of nitrogen functional groups attached to an aromatic ring is 1. The van der Waals surface area contributed by atoms with Crippen LogP contribution < -0.4 is 37.2 Å². The maximum atomic E-state index is 13.4. The van der Waals surface area contributed by atoms with Gasteiger partial charge in [0, 0.05) is 65.8 Å². The molecule has 8 atom stereocenters. The Balaban J connectivity index is 1.05. The maximum absolute atomic E-state index is 13.4. The minimum absolute atomic E-state index is 0.0448. The fourth-order valence-electron chi connectivity index (χ4n) is 8.90. The monoisotopic (exact) mass is 910 g/mol. The van der Waals surface area contributed by atoms with Gasteiger partial charge < -0.3 is 47.4 Å². The number of thioether (sulfide) groups is 1. The Hall–Kier alpha value is -5.15. The largest absolute Gasteiger partial charge is 0.399 e. The highest BCUT2D eigenvalue weighted by Crippen LogP contribution is 2.43. The third-order valence-corrected chi connectivity index (χ3v) is 14.0. The Kier molecular flexibility index (Phi) is 20.9. The van der Waals surface area contributed by atoms with E-state index in [9.17, 15) is 29.4 Å². The van der Waals surface area contributed by atoms with Crippen molar-refractivity contribution in [3.05, 3.63) is 114 Å². The van der Waals surface area contributed by atoms with Crippen molar-refractivity contribution in [2.24, 2.45) is 5.92 Å². The second-order valence-corrected chi connectivity index (χ2v) is 18.5. The van der Waals surface area contributed by atoms with Gasteiger partial charge in [-0.1, -0.05) is 86.0 Å². The van der Waals surface area contributed by atoms with E-state index in [0.717, 1.165) is 60.2 Å². The molecule has 9 N–H and O–H groups in total. The zero-order chi connectivity index (χ0) is 46.6. The maximum Gasteiger partial charge on any atom is 0.242 e. The van der Waals surface area contributed by atoms with Gasteiger partial charge in [-0.15, -0.1) is 0 Å². The Morgan fingerprint density at radius 3 is 2.35 bits per heavy atom. The summed E-state index contributed by atoms with van der Waals surface area (Å²) in [6.45, 7) is 4.53. The van der Waals surface area contributed by atoms with Crippen LogP contribution >= 0.6 is 11.8 Å². The van der Waals surface area contributed by atoms with Crippen molar-refractivity contribution in [3.8, 4) is 0 Å². The van der Waals surface area contributed by atoms with Crippen LogP contribution in [0.25, 0.3) is 0 Å². The lowest BCUT2D eigenvalue weighted by Crippen LogP contribution is -2.64. The number of allylic oxidation sites excluding steroid dienone is 3. The lowest BCUT2D eigenvalue weighted by molar-refractivity contribution is -0.129. The number of benzene rings is 3. The van der Waals surface area contributed by atoms with E-state index < -0.39 is 18.4 Å². The summed E-state index contributed by atoms with van der Waals surface area (Å²) in [6, 6.07) is 23.9. The number of anilines is 3. The van der Waals surface area contributed by atoms with E-state index in [-0.39, 0.29) is 48.2 Å². The molecule has 14 heteroatoms. The Labute approximate surface area is 389 Å². The van der Waals surface area contributed by atoms with Crippen molar-refractivity contribution in [2.45, 2.75) is 133 Å². The first-order valence-corrected chi connectivity index (χ1v) is 24.4. The first-order chi connectivity index (χ1) is 31.5. The summed E-state index contributed by atoms with van der Waals surface area (Å²) in [5.74, 6) is 0.245. The molecule has 0 radical (unpaired) electrons. The predicted octanol–water partition coefficient (Wildman–Crippen LogP) is 6.54. The van der Waals surface area contributed by atoms with E-state index in [1.54, 1.807) is 12.1 Å². The Morgan fingerprint density at radius 1 is 0.923 bits per heavy atom. The summed E-state index contributed by atoms with van der Waals surface area (Å²) in [6.07, 6.45) is 13.4. The van der Waals surface area contributed by atoms with Crippen molar-refractivity contribution in [3.63, 3.8) is 0 Å². The zero-order valence-electron chi connectivity index (χ0n) is 38.3. The average Bonchev–Trinajstić information content (AvgIpc) is 3.70. The van der Waals surface area contributed by atoms with Crippen molar-refractivity contribution in [2.75, 3.05) is 35.3 Å². The number of hydrogen-bond donors (Lipinski definition) is 8. The van der Waals surface area contributed by atoms with Crippen molar-refractivity contribution in [1.82, 2.24) is 21.3 Å². The molecule has 2 heterocycles. The quantitative estimate of drug-likeness (QED) is 0.0180. The molecule has 5 rings (SSSR count). The number of nitrogens with zero attached hydrogens (tertiary/aromatic N) is 1. The van der Waals surface area contributed by atoms with Crippen molar-refractivity contribution in [1.29, 1.82) is 0 Å². The van der Waals surface area contributed by atoms with E-state index >= 15 is 0 Å². The fourth-order valence-corrected chi connectivity index (χ4v) is 10.5. The summed E-state index contributed by atoms with van der Waals surface area (Å²) < 4.78 is 0. The number of rotatable bonds is 27. The van der Waals surface area contributed by atoms with Crippen LogP contribution in [0.15, 0.2) is 103 Å². The molecule has 352 valence electrons. The molecule has 8 unspecified atom stereocenters. The number of unbranched alkanes of at least 4 members (excludes halogenated alkanes) is 3. The minimum atomic E-state index is -0.755. The molecule has 4 amide bonds. The minimum Gasteiger partial charge on any atom is -0.399 e. The zero-order valence-corrected chi connectivity index (χ0v) is 39.1. The number of nitrogens with one attached hydrogen (secondary N) is 5. The topological polar surface area (TPSA) is 198 Å². The molecular formula is C51H71N7O6S. The van der Waals surface area contributed by atoms with Crippen LogP contribution in [0.1, 0.15) is 102 Å². The number of hydrogen-bond acceptors (Lipinski definition) is 10. The molecule has 0 saturated carbocycles. The summed E-state index contributed by atoms with van der Waals surface area (Å²) in [7, 11) is 1.92. The molecule has 2 saturated heterocycles. The van der Waals surface area contributed by atoms with Crippen molar-refractivity contribution < 1.29 is 29.4 Å². The van der Waals surface area contributed by atoms with Crippen LogP contribution in [0.5, 0.6) is 0 Å². The van der Waals surface area contributed by atoms with Gasteiger partial charge in [-0.2, -0.15) is 11.8 Å². The molecule has 13 nitrogen and oxygen atoms in total. The molecule has 3 aromatic carbocycles. The van der Waals surface area contributed by atoms with Gasteiger partial charge in [-0.3, -0.25) is 19.2 Å². The number of aliphatic hydroxyl groups excluding tert-OH is 2. The second-order valence-electron chi connectivity index (χ2n) is 17.3. The second kappa shape index (κ2) is 26.7. The predicted molar refractivity (Wildman–Crippen MR) is 263 cm³/mol. The summed E-state index contributed by atoms with van der Waals surface area (Å²) in [5, 5.41) is 37.8. The van der Waals surface area contributed by atoms with Gasteiger partial charge in [0.2, 0.25) is 24.1 Å². The first kappa shape index (κ1) is 50.8. The summed E-state index contributed by atoms with van der Waals surface area (Å²) in [4.78, 5) is 52.4. The van der Waals surface area contributed by atoms with E-state index in [1.807, 2.05) is 96.5 Å². The number of carbonyl (C=O) groups is 4. The highest BCUT2D eigenvalue weighted by molar-refractivity contribution is 8.00. The molecule has 0 bridgehead atoms. The van der Waals surface area contributed by atoms with Crippen LogP contribution in [0.4, 0.5) is 17.1 Å². The van der Waals surface area contributed by atoms with Gasteiger partial charge in [0.15, 0.2) is 0 Å². The van der Waals surface area contributed by atoms with Crippen molar-refractivity contribution >= 4 is 53.0 Å². The smallest absolute Gasteiger partial charge is 0.242 e. The highest BCUT2D eigenvalue weighted by atomic mass is 32.2. The SMILES string of the molecule is CC/C=C\C=C(/C)C1C(CCC(O)c2ccccc2)C(O)N1c1ccc(NC(=O)CCCCNC(=O)C(Cc2ccc(N)cc2)NC(=O)CCCCCC2SCC(NC=O)C2NC)cc1. The number of aliphatic hydroxyl groups is 2. The van der Waals surface area contributed by atoms with Crippen LogP contribution in [-0.4, -0.2) is 89.3 Å². The van der Waals surface area contributed by atoms with Crippen LogP contribution in [0.3, 0.4) is 0 Å². The van der Waals surface area contributed by atoms with Crippen LogP contribution in [-0.2, 0) is 25.6 Å². The standard InChI is InChI=1S/C51H71N7O6S/c1-4-5-8-15-35(2)49-41(29-30-44(60)37-16-9-6-10-17-37)51(64)58(49)40-27-25-39(26-28-40)56-46(61)20-13-14-31-54-50(63)42(32-36-21-23-38(52)24-22-36)57-47(62)19-12-7-11-18-45-48(53-3)43(33-65-45)55-34-59/h5-6,8-10,15-17,21-28,34,41-45,48-49,51,53,60,64H,4,7,11-14,18-20,29-33,52H2,1-3H3,(H,54,63)(H,55,59)(H,56,61)(H,57,62)/b8-5-,35-15+. The first-order valence-electron chi connectivity index (χ1n) is 23.4.